The first-order chi connectivity index (χ1) is 11.5. The lowest BCUT2D eigenvalue weighted by atomic mass is 9.86. The Morgan fingerprint density at radius 2 is 1.96 bits per heavy atom. The van der Waals surface area contributed by atoms with Gasteiger partial charge in [-0.25, -0.2) is 0 Å². The number of hydrogen-bond acceptors (Lipinski definition) is 5. The molecule has 1 aromatic carbocycles. The minimum atomic E-state index is -1.23. The van der Waals surface area contributed by atoms with E-state index in [1.807, 2.05) is 6.07 Å². The van der Waals surface area contributed by atoms with Crippen molar-refractivity contribution in [1.29, 1.82) is 0 Å². The summed E-state index contributed by atoms with van der Waals surface area (Å²) in [6.45, 7) is 0.591. The van der Waals surface area contributed by atoms with Crippen LogP contribution in [0.1, 0.15) is 40.2 Å². The predicted octanol–water partition coefficient (Wildman–Crippen LogP) is 1.25. The third-order valence-corrected chi connectivity index (χ3v) is 4.33. The van der Waals surface area contributed by atoms with E-state index in [1.165, 1.54) is 0 Å². The molecule has 3 rings (SSSR count). The van der Waals surface area contributed by atoms with Crippen LogP contribution in [0.2, 0.25) is 0 Å². The smallest absolute Gasteiger partial charge is 0.322 e. The van der Waals surface area contributed by atoms with Crippen molar-refractivity contribution in [1.82, 2.24) is 5.32 Å². The highest BCUT2D eigenvalue weighted by atomic mass is 16.5. The van der Waals surface area contributed by atoms with E-state index < -0.39 is 35.5 Å². The summed E-state index contributed by atoms with van der Waals surface area (Å²) in [5, 5.41) is 21.1. The van der Waals surface area contributed by atoms with Gasteiger partial charge in [0, 0.05) is 24.3 Å². The molecule has 0 aromatic heterocycles. The summed E-state index contributed by atoms with van der Waals surface area (Å²) in [5.74, 6) is -2.94. The second kappa shape index (κ2) is 6.45. The summed E-state index contributed by atoms with van der Waals surface area (Å²) < 4.78 is 5.34. The lowest BCUT2D eigenvalue weighted by Crippen LogP contribution is -2.32. The van der Waals surface area contributed by atoms with Gasteiger partial charge >= 0.3 is 5.97 Å². The Hall–Kier alpha value is -2.67. The van der Waals surface area contributed by atoms with E-state index in [2.05, 4.69) is 5.32 Å². The van der Waals surface area contributed by atoms with Crippen LogP contribution in [0.25, 0.3) is 5.76 Å². The number of aliphatic carboxylic acids is 1. The molecule has 0 unspecified atom stereocenters. The molecular weight excluding hydrogens is 314 g/mol. The number of carboxylic acids is 1. The molecule has 1 fully saturated rings. The third kappa shape index (κ3) is 2.78. The second-order valence-electron chi connectivity index (χ2n) is 5.79. The zero-order chi connectivity index (χ0) is 17.3. The Kier molecular flexibility index (Phi) is 4.35. The van der Waals surface area contributed by atoms with Crippen LogP contribution in [0, 0.1) is 0 Å². The molecule has 1 amide bonds. The molecular formula is C17H17NO6. The molecule has 3 N–H and O–H groups in total. The van der Waals surface area contributed by atoms with E-state index >= 15 is 0 Å². The molecule has 0 bridgehead atoms. The van der Waals surface area contributed by atoms with Crippen molar-refractivity contribution >= 4 is 23.4 Å². The van der Waals surface area contributed by atoms with Gasteiger partial charge in [0.05, 0.1) is 0 Å². The average molecular weight is 331 g/mol. The maximum absolute atomic E-state index is 12.7. The molecule has 1 aliphatic heterocycles. The molecule has 0 saturated carbocycles. The number of Topliss-reactive ketones (excluding diaryl/α,β-unsaturated/α-hetero) is 1. The summed E-state index contributed by atoms with van der Waals surface area (Å²) in [7, 11) is 0. The van der Waals surface area contributed by atoms with Gasteiger partial charge in [0.15, 0.2) is 0 Å². The van der Waals surface area contributed by atoms with Crippen molar-refractivity contribution < 1.29 is 29.3 Å². The van der Waals surface area contributed by atoms with E-state index in [4.69, 9.17) is 9.84 Å². The normalized spacial score (nSPS) is 17.8. The molecule has 7 nitrogen and oxygen atoms in total. The van der Waals surface area contributed by atoms with Gasteiger partial charge in [-0.2, -0.15) is 0 Å². The van der Waals surface area contributed by atoms with Gasteiger partial charge in [-0.1, -0.05) is 18.2 Å². The first kappa shape index (κ1) is 16.2. The van der Waals surface area contributed by atoms with E-state index in [9.17, 15) is 19.5 Å². The minimum absolute atomic E-state index is 0.131. The Balaban J connectivity index is 1.93. The van der Waals surface area contributed by atoms with Gasteiger partial charge in [-0.15, -0.1) is 0 Å². The first-order valence-electron chi connectivity index (χ1n) is 7.69. The highest BCUT2D eigenvalue weighted by molar-refractivity contribution is 6.34. The lowest BCUT2D eigenvalue weighted by Gasteiger charge is -2.24. The zero-order valence-corrected chi connectivity index (χ0v) is 12.9. The van der Waals surface area contributed by atoms with Gasteiger partial charge < -0.3 is 20.3 Å². The zero-order valence-electron chi connectivity index (χ0n) is 12.9. The molecule has 1 heterocycles. The number of carbonyl (C=O) groups is 3. The van der Waals surface area contributed by atoms with Crippen LogP contribution >= 0.6 is 0 Å². The van der Waals surface area contributed by atoms with Crippen molar-refractivity contribution in [2.45, 2.75) is 18.8 Å². The number of aliphatic hydroxyl groups excluding tert-OH is 1. The standard InChI is InChI=1S/C17H17NO6/c19-12(20)8-18-17(23)14-15(21)11-3-1-2-10(13(11)16(14)22)9-4-6-24-7-5-9/h1-3,9,21H,4-8H2,(H,18,23)(H,19,20). The number of ketones is 1. The van der Waals surface area contributed by atoms with Crippen LogP contribution in [0.15, 0.2) is 23.8 Å². The van der Waals surface area contributed by atoms with Crippen LogP contribution in [0.3, 0.4) is 0 Å². The summed E-state index contributed by atoms with van der Waals surface area (Å²) in [6, 6.07) is 5.16. The van der Waals surface area contributed by atoms with Gasteiger partial charge in [0.25, 0.3) is 5.91 Å². The van der Waals surface area contributed by atoms with Gasteiger partial charge in [0.2, 0.25) is 5.78 Å². The molecule has 1 aromatic rings. The number of ether oxygens (including phenoxy) is 1. The third-order valence-electron chi connectivity index (χ3n) is 4.33. The van der Waals surface area contributed by atoms with Gasteiger partial charge in [-0.3, -0.25) is 14.4 Å². The van der Waals surface area contributed by atoms with Gasteiger partial charge in [0.1, 0.15) is 17.9 Å². The van der Waals surface area contributed by atoms with Crippen molar-refractivity contribution in [2.75, 3.05) is 19.8 Å². The van der Waals surface area contributed by atoms with Crippen LogP contribution in [0.4, 0.5) is 0 Å². The number of carbonyl (C=O) groups excluding carboxylic acids is 2. The molecule has 0 spiro atoms. The highest BCUT2D eigenvalue weighted by Gasteiger charge is 2.37. The molecule has 126 valence electrons. The maximum Gasteiger partial charge on any atom is 0.322 e. The number of aliphatic hydroxyl groups is 1. The second-order valence-corrected chi connectivity index (χ2v) is 5.79. The Labute approximate surface area is 137 Å². The fourth-order valence-corrected chi connectivity index (χ4v) is 3.19. The predicted molar refractivity (Wildman–Crippen MR) is 83.8 cm³/mol. The SMILES string of the molecule is O=C(O)CNC(=O)C1=C(O)c2cccc(C3CCOCC3)c2C1=O. The highest BCUT2D eigenvalue weighted by Crippen LogP contribution is 2.38. The lowest BCUT2D eigenvalue weighted by molar-refractivity contribution is -0.137. The summed E-state index contributed by atoms with van der Waals surface area (Å²) in [4.78, 5) is 35.4. The number of nitrogens with one attached hydrogen (secondary N) is 1. The Bertz CT molecular complexity index is 745. The topological polar surface area (TPSA) is 113 Å². The Morgan fingerprint density at radius 1 is 1.25 bits per heavy atom. The molecule has 0 radical (unpaired) electrons. The fourth-order valence-electron chi connectivity index (χ4n) is 3.19. The van der Waals surface area contributed by atoms with Crippen LogP contribution in [0.5, 0.6) is 0 Å². The van der Waals surface area contributed by atoms with E-state index in [0.717, 1.165) is 18.4 Å². The molecule has 1 saturated heterocycles. The van der Waals surface area contributed by atoms with Crippen molar-refractivity contribution in [3.05, 3.63) is 40.5 Å². The number of amides is 1. The number of benzene rings is 1. The largest absolute Gasteiger partial charge is 0.506 e. The Morgan fingerprint density at radius 3 is 2.62 bits per heavy atom. The van der Waals surface area contributed by atoms with Crippen molar-refractivity contribution in [2.24, 2.45) is 0 Å². The molecule has 1 aliphatic carbocycles. The van der Waals surface area contributed by atoms with Gasteiger partial charge in [-0.05, 0) is 24.3 Å². The quantitative estimate of drug-likeness (QED) is 0.716. The molecule has 2 aliphatic rings. The van der Waals surface area contributed by atoms with Crippen LogP contribution in [-0.4, -0.2) is 47.6 Å². The summed E-state index contributed by atoms with van der Waals surface area (Å²) >= 11 is 0. The summed E-state index contributed by atoms with van der Waals surface area (Å²) in [6.07, 6.45) is 1.54. The molecule has 24 heavy (non-hydrogen) atoms. The maximum atomic E-state index is 12.7. The fraction of sp³-hybridized carbons (Fsp3) is 0.353. The first-order valence-corrected chi connectivity index (χ1v) is 7.69. The summed E-state index contributed by atoms with van der Waals surface area (Å²) in [5.41, 5.74) is 1.06. The van der Waals surface area contributed by atoms with Crippen LogP contribution < -0.4 is 5.32 Å². The molecule has 0 atom stereocenters. The van der Waals surface area contributed by atoms with Crippen molar-refractivity contribution in [3.8, 4) is 0 Å². The monoisotopic (exact) mass is 331 g/mol. The van der Waals surface area contributed by atoms with E-state index in [-0.39, 0.29) is 5.92 Å². The van der Waals surface area contributed by atoms with E-state index in [0.29, 0.717) is 24.3 Å². The number of rotatable bonds is 4. The minimum Gasteiger partial charge on any atom is -0.506 e. The number of fused-ring (bicyclic) bond motifs is 1. The van der Waals surface area contributed by atoms with Crippen LogP contribution in [-0.2, 0) is 14.3 Å². The molecule has 7 heteroatoms. The average Bonchev–Trinajstić information content (AvgIpc) is 2.85. The van der Waals surface area contributed by atoms with Crippen molar-refractivity contribution in [3.63, 3.8) is 0 Å². The number of hydrogen-bond donors (Lipinski definition) is 3. The number of carboxylic acid groups (broad SMARTS) is 1. The van der Waals surface area contributed by atoms with E-state index in [1.54, 1.807) is 12.1 Å².